The van der Waals surface area contributed by atoms with Gasteiger partial charge in [-0.2, -0.15) is 0 Å². The van der Waals surface area contributed by atoms with Gasteiger partial charge in [-0.1, -0.05) is 77.0 Å². The fourth-order valence-corrected chi connectivity index (χ4v) is 2.38. The van der Waals surface area contributed by atoms with Gasteiger partial charge in [0.05, 0.1) is 0 Å². The van der Waals surface area contributed by atoms with E-state index in [2.05, 4.69) is 0 Å². The molecule has 0 aromatic rings. The minimum atomic E-state index is 0.810. The summed E-state index contributed by atoms with van der Waals surface area (Å²) < 4.78 is 0. The van der Waals surface area contributed by atoms with Gasteiger partial charge in [-0.3, -0.25) is 4.90 Å². The highest BCUT2D eigenvalue weighted by Gasteiger charge is 1.94. The molecule has 0 atom stereocenters. The van der Waals surface area contributed by atoms with Gasteiger partial charge in [-0.05, 0) is 26.3 Å². The second-order valence-electron chi connectivity index (χ2n) is 5.62. The molecule has 0 unspecified atom stereocenters. The average Bonchev–Trinajstić information content (AvgIpc) is 2.39. The lowest BCUT2D eigenvalue weighted by Gasteiger charge is -2.07. The molecule has 0 amide bonds. The lowest BCUT2D eigenvalue weighted by atomic mass is 10.0. The van der Waals surface area contributed by atoms with Gasteiger partial charge < -0.3 is 0 Å². The third kappa shape index (κ3) is 18.0. The molecule has 0 aromatic carbocycles. The van der Waals surface area contributed by atoms with Crippen LogP contribution in [-0.4, -0.2) is 11.4 Å². The molecule has 0 rings (SSSR count). The van der Waals surface area contributed by atoms with Crippen molar-refractivity contribution < 1.29 is 0 Å². The van der Waals surface area contributed by atoms with Crippen LogP contribution in [-0.2, 0) is 0 Å². The number of hydrogen-bond acceptors (Lipinski definition) is 1. The third-order valence-electron chi connectivity index (χ3n) is 3.62. The topological polar surface area (TPSA) is 3.24 Å². The van der Waals surface area contributed by atoms with E-state index in [4.69, 9.17) is 21.0 Å². The summed E-state index contributed by atoms with van der Waals surface area (Å²) in [5.74, 6) is 0. The predicted molar refractivity (Wildman–Crippen MR) is 84.2 cm³/mol. The van der Waals surface area contributed by atoms with Gasteiger partial charge in [0.15, 0.2) is 0 Å². The van der Waals surface area contributed by atoms with Crippen LogP contribution in [0.2, 0.25) is 0 Å². The van der Waals surface area contributed by atoms with Gasteiger partial charge >= 0.3 is 0 Å². The van der Waals surface area contributed by atoms with E-state index in [1.165, 1.54) is 81.9 Å². The van der Waals surface area contributed by atoms with Crippen LogP contribution in [0.15, 0.2) is 0 Å². The molecule has 19 heavy (non-hydrogen) atoms. The van der Waals surface area contributed by atoms with Crippen LogP contribution < -0.4 is 0 Å². The van der Waals surface area contributed by atoms with Crippen LogP contribution in [0, 0.1) is 21.0 Å². The summed E-state index contributed by atoms with van der Waals surface area (Å²) in [6.07, 6.45) is 18.2. The SMILES string of the molecule is [CH]CCCCCCCCCCCCCCCN([CH])[CH]. The molecule has 1 heteroatoms. The fourth-order valence-electron chi connectivity index (χ4n) is 2.38. The van der Waals surface area contributed by atoms with Crippen LogP contribution in [0.1, 0.15) is 89.9 Å². The van der Waals surface area contributed by atoms with E-state index in [-0.39, 0.29) is 0 Å². The second kappa shape index (κ2) is 16.0. The zero-order valence-electron chi connectivity index (χ0n) is 12.8. The number of nitrogens with zero attached hydrogens (tertiary/aromatic N) is 1. The highest BCUT2D eigenvalue weighted by atomic mass is 15.0. The van der Waals surface area contributed by atoms with Crippen molar-refractivity contribution in [3.8, 4) is 0 Å². The summed E-state index contributed by atoms with van der Waals surface area (Å²) >= 11 is 0. The summed E-state index contributed by atoms with van der Waals surface area (Å²) in [5.41, 5.74) is 0. The van der Waals surface area contributed by atoms with E-state index in [0.29, 0.717) is 0 Å². The largest absolute Gasteiger partial charge is 0.291 e. The maximum absolute atomic E-state index is 5.47. The molecule has 0 aromatic heterocycles. The summed E-state index contributed by atoms with van der Waals surface area (Å²) in [6.45, 7) is 6.28. The molecule has 0 aliphatic carbocycles. The number of hydrogen-bond donors (Lipinski definition) is 0. The van der Waals surface area contributed by atoms with Crippen LogP contribution in [0.25, 0.3) is 0 Å². The smallest absolute Gasteiger partial charge is 0.0443 e. The zero-order valence-corrected chi connectivity index (χ0v) is 12.8. The van der Waals surface area contributed by atoms with Crippen molar-refractivity contribution in [2.45, 2.75) is 89.9 Å². The van der Waals surface area contributed by atoms with Crippen molar-refractivity contribution in [3.05, 3.63) is 21.0 Å². The minimum Gasteiger partial charge on any atom is -0.291 e. The average molecular weight is 263 g/mol. The van der Waals surface area contributed by atoms with E-state index in [0.717, 1.165) is 19.4 Å². The summed E-state index contributed by atoms with van der Waals surface area (Å²) in [7, 11) is 10.7. The molecular weight excluding hydrogens is 230 g/mol. The molecule has 0 bridgehead atoms. The Balaban J connectivity index is 2.91. The Bertz CT molecular complexity index is 154. The van der Waals surface area contributed by atoms with Crippen LogP contribution >= 0.6 is 0 Å². The first-order valence-corrected chi connectivity index (χ1v) is 8.24. The Morgan fingerprint density at radius 3 is 1.11 bits per heavy atom. The van der Waals surface area contributed by atoms with Crippen molar-refractivity contribution in [3.63, 3.8) is 0 Å². The van der Waals surface area contributed by atoms with Gasteiger partial charge in [0.1, 0.15) is 0 Å². The van der Waals surface area contributed by atoms with Crippen molar-refractivity contribution in [2.75, 3.05) is 6.54 Å². The molecule has 0 fully saturated rings. The van der Waals surface area contributed by atoms with E-state index >= 15 is 0 Å². The van der Waals surface area contributed by atoms with Gasteiger partial charge in [-0.25, -0.2) is 0 Å². The normalized spacial score (nSPS) is 11.4. The molecule has 0 saturated heterocycles. The van der Waals surface area contributed by atoms with Crippen LogP contribution in [0.4, 0.5) is 0 Å². The summed E-state index contributed by atoms with van der Waals surface area (Å²) in [4.78, 5) is 1.29. The fraction of sp³-hybridized carbons (Fsp3) is 0.833. The first kappa shape index (κ1) is 19.0. The summed E-state index contributed by atoms with van der Waals surface area (Å²) in [6, 6.07) is 0. The standard InChI is InChI=1S/C18H33N/c1-4-5-6-7-8-9-10-11-12-13-14-15-16-17-18-19(2)3/h1-3H,4-18H2. The van der Waals surface area contributed by atoms with Gasteiger partial charge in [0.2, 0.25) is 0 Å². The van der Waals surface area contributed by atoms with E-state index in [1.807, 2.05) is 0 Å². The first-order chi connectivity index (χ1) is 9.27. The minimum absolute atomic E-state index is 0.810. The van der Waals surface area contributed by atoms with Crippen molar-refractivity contribution in [2.24, 2.45) is 0 Å². The quantitative estimate of drug-likeness (QED) is 0.267. The molecule has 0 N–H and O–H groups in total. The van der Waals surface area contributed by atoms with Gasteiger partial charge in [0, 0.05) is 14.1 Å². The van der Waals surface area contributed by atoms with Crippen molar-refractivity contribution in [1.29, 1.82) is 0 Å². The summed E-state index contributed by atoms with van der Waals surface area (Å²) in [5, 5.41) is 0. The van der Waals surface area contributed by atoms with Crippen LogP contribution in [0.5, 0.6) is 0 Å². The Kier molecular flexibility index (Phi) is 16.0. The molecule has 6 radical (unpaired) electrons. The van der Waals surface area contributed by atoms with Gasteiger partial charge in [0.25, 0.3) is 0 Å². The Labute approximate surface area is 123 Å². The Morgan fingerprint density at radius 2 is 0.789 bits per heavy atom. The molecule has 0 aliphatic rings. The molecule has 0 saturated carbocycles. The van der Waals surface area contributed by atoms with E-state index in [9.17, 15) is 0 Å². The highest BCUT2D eigenvalue weighted by molar-refractivity contribution is 4.53. The van der Waals surface area contributed by atoms with Gasteiger partial charge in [-0.15, -0.1) is 0 Å². The first-order valence-electron chi connectivity index (χ1n) is 8.24. The van der Waals surface area contributed by atoms with Crippen LogP contribution in [0.3, 0.4) is 0 Å². The Hall–Kier alpha value is -0.0400. The van der Waals surface area contributed by atoms with Crippen molar-refractivity contribution >= 4 is 0 Å². The molecule has 1 nitrogen and oxygen atoms in total. The lowest BCUT2D eigenvalue weighted by molar-refractivity contribution is 0.455. The molecule has 0 heterocycles. The predicted octanol–water partition coefficient (Wildman–Crippen LogP) is 5.80. The second-order valence-corrected chi connectivity index (χ2v) is 5.62. The van der Waals surface area contributed by atoms with Crippen molar-refractivity contribution in [1.82, 2.24) is 4.90 Å². The third-order valence-corrected chi connectivity index (χ3v) is 3.62. The molecule has 0 aliphatic heterocycles. The van der Waals surface area contributed by atoms with E-state index < -0.39 is 0 Å². The number of rotatable bonds is 15. The molecular formula is C18H33N. The molecule has 0 spiro atoms. The highest BCUT2D eigenvalue weighted by Crippen LogP contribution is 2.12. The lowest BCUT2D eigenvalue weighted by Crippen LogP contribution is -2.06. The maximum atomic E-state index is 5.47. The monoisotopic (exact) mass is 263 g/mol. The zero-order chi connectivity index (χ0) is 14.2. The number of unbranched alkanes of at least 4 members (excludes halogenated alkanes) is 13. The van der Waals surface area contributed by atoms with E-state index in [1.54, 1.807) is 0 Å². The maximum Gasteiger partial charge on any atom is 0.0443 e. The Morgan fingerprint density at radius 1 is 0.474 bits per heavy atom. The molecule has 110 valence electrons.